The minimum atomic E-state index is 0.569. The number of hydrogen-bond acceptors (Lipinski definition) is 3. The number of aromatic nitrogens is 1. The van der Waals surface area contributed by atoms with Crippen LogP contribution in [-0.2, 0) is 13.1 Å². The Hall–Kier alpha value is -1.23. The first-order valence-electron chi connectivity index (χ1n) is 7.40. The van der Waals surface area contributed by atoms with Crippen molar-refractivity contribution in [2.75, 3.05) is 13.1 Å². The Morgan fingerprint density at radius 2 is 2.05 bits per heavy atom. The Labute approximate surface area is 134 Å². The van der Waals surface area contributed by atoms with Crippen LogP contribution in [0.3, 0.4) is 0 Å². The largest absolute Gasteiger partial charge is 0.307 e. The van der Waals surface area contributed by atoms with Gasteiger partial charge in [0.25, 0.3) is 0 Å². The van der Waals surface area contributed by atoms with E-state index in [0.29, 0.717) is 6.04 Å². The standard InChI is InChI=1S/C17H20BrN3/c18-15-6-7-16(19-10-15)11-20-17-8-9-21(13-17)12-14-4-2-1-3-5-14/h1-7,10,17,20H,8-9,11-13H2. The second-order valence-corrected chi connectivity index (χ2v) is 6.47. The van der Waals surface area contributed by atoms with Crippen molar-refractivity contribution in [1.29, 1.82) is 0 Å². The number of likely N-dealkylation sites (tertiary alicyclic amines) is 1. The molecule has 1 aliphatic heterocycles. The van der Waals surface area contributed by atoms with E-state index < -0.39 is 0 Å². The molecule has 21 heavy (non-hydrogen) atoms. The van der Waals surface area contributed by atoms with E-state index in [1.54, 1.807) is 0 Å². The predicted molar refractivity (Wildman–Crippen MR) is 88.9 cm³/mol. The van der Waals surface area contributed by atoms with Gasteiger partial charge in [0, 0.05) is 42.9 Å². The zero-order chi connectivity index (χ0) is 14.5. The van der Waals surface area contributed by atoms with Crippen molar-refractivity contribution in [3.05, 3.63) is 64.4 Å². The summed E-state index contributed by atoms with van der Waals surface area (Å²) in [7, 11) is 0. The Kier molecular flexibility index (Phi) is 5.01. The third kappa shape index (κ3) is 4.37. The lowest BCUT2D eigenvalue weighted by Crippen LogP contribution is -2.32. The highest BCUT2D eigenvalue weighted by molar-refractivity contribution is 9.10. The quantitative estimate of drug-likeness (QED) is 0.901. The lowest BCUT2D eigenvalue weighted by molar-refractivity contribution is 0.319. The van der Waals surface area contributed by atoms with Crippen LogP contribution in [0.1, 0.15) is 17.7 Å². The van der Waals surface area contributed by atoms with E-state index in [1.165, 1.54) is 18.5 Å². The summed E-state index contributed by atoms with van der Waals surface area (Å²) in [5.74, 6) is 0. The molecule has 2 aromatic rings. The molecule has 4 heteroatoms. The minimum Gasteiger partial charge on any atom is -0.307 e. The molecule has 0 bridgehead atoms. The van der Waals surface area contributed by atoms with Crippen molar-refractivity contribution >= 4 is 15.9 Å². The van der Waals surface area contributed by atoms with Crippen LogP contribution in [0.15, 0.2) is 53.1 Å². The van der Waals surface area contributed by atoms with Crippen molar-refractivity contribution in [3.63, 3.8) is 0 Å². The fourth-order valence-electron chi connectivity index (χ4n) is 2.74. The molecule has 3 nitrogen and oxygen atoms in total. The maximum absolute atomic E-state index is 4.40. The van der Waals surface area contributed by atoms with Gasteiger partial charge in [-0.1, -0.05) is 30.3 Å². The third-order valence-corrected chi connectivity index (χ3v) is 4.35. The highest BCUT2D eigenvalue weighted by Gasteiger charge is 2.21. The molecule has 0 spiro atoms. The van der Waals surface area contributed by atoms with Crippen LogP contribution >= 0.6 is 15.9 Å². The molecule has 1 aromatic heterocycles. The highest BCUT2D eigenvalue weighted by Crippen LogP contribution is 2.14. The van der Waals surface area contributed by atoms with Crippen LogP contribution in [0.2, 0.25) is 0 Å². The van der Waals surface area contributed by atoms with E-state index in [0.717, 1.165) is 29.8 Å². The first-order chi connectivity index (χ1) is 10.3. The number of halogens is 1. The smallest absolute Gasteiger partial charge is 0.0542 e. The SMILES string of the molecule is Brc1ccc(CNC2CCN(Cc3ccccc3)C2)nc1. The molecule has 0 radical (unpaired) electrons. The number of pyridine rings is 1. The molecular formula is C17H20BrN3. The summed E-state index contributed by atoms with van der Waals surface area (Å²) in [6, 6.07) is 15.4. The van der Waals surface area contributed by atoms with Gasteiger partial charge in [-0.3, -0.25) is 9.88 Å². The Bertz CT molecular complexity index is 556. The second-order valence-electron chi connectivity index (χ2n) is 5.55. The van der Waals surface area contributed by atoms with Gasteiger partial charge in [0.05, 0.1) is 5.69 Å². The number of hydrogen-bond donors (Lipinski definition) is 1. The zero-order valence-electron chi connectivity index (χ0n) is 12.0. The molecule has 1 fully saturated rings. The highest BCUT2D eigenvalue weighted by atomic mass is 79.9. The van der Waals surface area contributed by atoms with Crippen LogP contribution in [0.25, 0.3) is 0 Å². The van der Waals surface area contributed by atoms with E-state index >= 15 is 0 Å². The van der Waals surface area contributed by atoms with Gasteiger partial charge in [0.15, 0.2) is 0 Å². The average Bonchev–Trinajstić information content (AvgIpc) is 2.95. The molecule has 1 N–H and O–H groups in total. The van der Waals surface area contributed by atoms with Crippen LogP contribution in [0.4, 0.5) is 0 Å². The van der Waals surface area contributed by atoms with E-state index in [1.807, 2.05) is 12.3 Å². The summed E-state index contributed by atoms with van der Waals surface area (Å²) in [4.78, 5) is 6.92. The van der Waals surface area contributed by atoms with E-state index in [2.05, 4.69) is 67.5 Å². The lowest BCUT2D eigenvalue weighted by Gasteiger charge is -2.16. The monoisotopic (exact) mass is 345 g/mol. The number of benzene rings is 1. The summed E-state index contributed by atoms with van der Waals surface area (Å²) < 4.78 is 1.03. The Morgan fingerprint density at radius 3 is 2.81 bits per heavy atom. The van der Waals surface area contributed by atoms with Crippen molar-refractivity contribution in [1.82, 2.24) is 15.2 Å². The van der Waals surface area contributed by atoms with Crippen LogP contribution in [0.5, 0.6) is 0 Å². The van der Waals surface area contributed by atoms with Crippen molar-refractivity contribution in [2.45, 2.75) is 25.6 Å². The molecule has 1 aliphatic rings. The maximum Gasteiger partial charge on any atom is 0.0542 e. The van der Waals surface area contributed by atoms with E-state index in [9.17, 15) is 0 Å². The van der Waals surface area contributed by atoms with E-state index in [-0.39, 0.29) is 0 Å². The van der Waals surface area contributed by atoms with Gasteiger partial charge in [-0.05, 0) is 40.0 Å². The fraction of sp³-hybridized carbons (Fsp3) is 0.353. The molecule has 0 amide bonds. The maximum atomic E-state index is 4.40. The summed E-state index contributed by atoms with van der Waals surface area (Å²) in [6.07, 6.45) is 3.07. The van der Waals surface area contributed by atoms with Gasteiger partial charge in [-0.2, -0.15) is 0 Å². The van der Waals surface area contributed by atoms with Crippen molar-refractivity contribution in [2.24, 2.45) is 0 Å². The zero-order valence-corrected chi connectivity index (χ0v) is 13.6. The third-order valence-electron chi connectivity index (χ3n) is 3.88. The van der Waals surface area contributed by atoms with Crippen molar-refractivity contribution in [3.8, 4) is 0 Å². The van der Waals surface area contributed by atoms with Gasteiger partial charge >= 0.3 is 0 Å². The Morgan fingerprint density at radius 1 is 1.19 bits per heavy atom. The first-order valence-corrected chi connectivity index (χ1v) is 8.19. The molecule has 0 aliphatic carbocycles. The van der Waals surface area contributed by atoms with Crippen molar-refractivity contribution < 1.29 is 0 Å². The van der Waals surface area contributed by atoms with Crippen LogP contribution in [0, 0.1) is 0 Å². The molecule has 1 saturated heterocycles. The first kappa shape index (κ1) is 14.7. The topological polar surface area (TPSA) is 28.2 Å². The summed E-state index contributed by atoms with van der Waals surface area (Å²) >= 11 is 3.41. The van der Waals surface area contributed by atoms with Crippen LogP contribution in [-0.4, -0.2) is 29.0 Å². The normalized spacial score (nSPS) is 19.0. The fourth-order valence-corrected chi connectivity index (χ4v) is 2.98. The molecule has 1 atom stereocenters. The Balaban J connectivity index is 1.45. The summed E-state index contributed by atoms with van der Waals surface area (Å²) in [6.45, 7) is 4.18. The molecule has 110 valence electrons. The number of rotatable bonds is 5. The average molecular weight is 346 g/mol. The van der Waals surface area contributed by atoms with Crippen LogP contribution < -0.4 is 5.32 Å². The second kappa shape index (κ2) is 7.16. The molecule has 1 aromatic carbocycles. The summed E-state index contributed by atoms with van der Waals surface area (Å²) in [5, 5.41) is 3.61. The predicted octanol–water partition coefficient (Wildman–Crippen LogP) is 3.21. The molecule has 2 heterocycles. The molecular weight excluding hydrogens is 326 g/mol. The van der Waals surface area contributed by atoms with Gasteiger partial charge in [-0.15, -0.1) is 0 Å². The van der Waals surface area contributed by atoms with Gasteiger partial charge in [-0.25, -0.2) is 0 Å². The minimum absolute atomic E-state index is 0.569. The van der Waals surface area contributed by atoms with Gasteiger partial charge in [0.2, 0.25) is 0 Å². The van der Waals surface area contributed by atoms with Gasteiger partial charge < -0.3 is 5.32 Å². The molecule has 3 rings (SSSR count). The summed E-state index contributed by atoms with van der Waals surface area (Å²) in [5.41, 5.74) is 2.49. The number of nitrogens with zero attached hydrogens (tertiary/aromatic N) is 2. The van der Waals surface area contributed by atoms with E-state index in [4.69, 9.17) is 0 Å². The lowest BCUT2D eigenvalue weighted by atomic mass is 10.2. The molecule has 1 unspecified atom stereocenters. The van der Waals surface area contributed by atoms with Gasteiger partial charge in [0.1, 0.15) is 0 Å². The molecule has 0 saturated carbocycles. The number of nitrogens with one attached hydrogen (secondary N) is 1.